The highest BCUT2D eigenvalue weighted by Crippen LogP contribution is 2.29. The fraction of sp³-hybridized carbons (Fsp3) is 0.400. The van der Waals surface area contributed by atoms with Crippen LogP contribution in [-0.2, 0) is 16.1 Å². The largest absolute Gasteiger partial charge is 0.480 e. The highest BCUT2D eigenvalue weighted by atomic mass is 32.1. The van der Waals surface area contributed by atoms with Gasteiger partial charge in [0.05, 0.1) is 12.2 Å². The Morgan fingerprint density at radius 1 is 1.46 bits per heavy atom. The summed E-state index contributed by atoms with van der Waals surface area (Å²) in [6.45, 7) is 6.66. The molecule has 0 aromatic carbocycles. The summed E-state index contributed by atoms with van der Waals surface area (Å²) >= 11 is 1.29. The molecular formula is C15H21N5O3S. The van der Waals surface area contributed by atoms with Gasteiger partial charge in [0.25, 0.3) is 5.91 Å². The van der Waals surface area contributed by atoms with Gasteiger partial charge in [0, 0.05) is 28.9 Å². The molecule has 0 saturated carbocycles. The van der Waals surface area contributed by atoms with Crippen LogP contribution in [0.2, 0.25) is 0 Å². The first kappa shape index (κ1) is 18.1. The molecule has 2 aromatic heterocycles. The molecule has 1 atom stereocenters. The summed E-state index contributed by atoms with van der Waals surface area (Å²) in [7, 11) is 0. The monoisotopic (exact) mass is 351 g/mol. The molecule has 0 aliphatic heterocycles. The molecule has 2 heterocycles. The maximum absolute atomic E-state index is 11.9. The van der Waals surface area contributed by atoms with Crippen LogP contribution in [0.15, 0.2) is 11.4 Å². The molecule has 24 heavy (non-hydrogen) atoms. The second kappa shape index (κ2) is 7.56. The second-order valence-corrected chi connectivity index (χ2v) is 6.17. The van der Waals surface area contributed by atoms with Crippen LogP contribution in [0.1, 0.15) is 18.3 Å². The van der Waals surface area contributed by atoms with E-state index < -0.39 is 18.0 Å². The number of hydrogen-bond donors (Lipinski definition) is 4. The van der Waals surface area contributed by atoms with Crippen LogP contribution < -0.4 is 16.4 Å². The zero-order valence-electron chi connectivity index (χ0n) is 13.8. The molecule has 0 aliphatic rings. The molecule has 0 radical (unpaired) electrons. The number of aryl methyl sites for hydroxylation is 1. The van der Waals surface area contributed by atoms with Gasteiger partial charge in [-0.2, -0.15) is 0 Å². The molecule has 2 rings (SSSR count). The Morgan fingerprint density at radius 2 is 2.17 bits per heavy atom. The minimum absolute atomic E-state index is 0.388. The number of anilines is 1. The van der Waals surface area contributed by atoms with Crippen LogP contribution in [0, 0.1) is 13.8 Å². The summed E-state index contributed by atoms with van der Waals surface area (Å²) in [5.74, 6) is -1.61. The first-order valence-electron chi connectivity index (χ1n) is 7.47. The molecule has 0 fully saturated rings. The van der Waals surface area contributed by atoms with Crippen LogP contribution in [0.3, 0.4) is 0 Å². The predicted octanol–water partition coefficient (Wildman–Crippen LogP) is 1.15. The van der Waals surface area contributed by atoms with Crippen LogP contribution in [0.4, 0.5) is 5.13 Å². The number of carbonyl (C=O) groups is 2. The van der Waals surface area contributed by atoms with Crippen molar-refractivity contribution in [2.24, 2.45) is 5.73 Å². The molecule has 8 nitrogen and oxygen atoms in total. The van der Waals surface area contributed by atoms with E-state index in [9.17, 15) is 9.59 Å². The lowest BCUT2D eigenvalue weighted by atomic mass is 10.2. The van der Waals surface area contributed by atoms with Crippen LogP contribution in [0.25, 0.3) is 11.3 Å². The molecule has 130 valence electrons. The zero-order valence-corrected chi connectivity index (χ0v) is 14.6. The Hall–Kier alpha value is -2.23. The Kier molecular flexibility index (Phi) is 5.71. The van der Waals surface area contributed by atoms with Crippen molar-refractivity contribution >= 4 is 28.3 Å². The summed E-state index contributed by atoms with van der Waals surface area (Å²) in [6.07, 6.45) is -1.11. The van der Waals surface area contributed by atoms with E-state index in [1.165, 1.54) is 11.3 Å². The number of aliphatic carboxylic acids is 1. The van der Waals surface area contributed by atoms with Gasteiger partial charge in [0.1, 0.15) is 6.17 Å². The molecule has 0 spiro atoms. The van der Waals surface area contributed by atoms with Crippen molar-refractivity contribution in [3.05, 3.63) is 22.8 Å². The van der Waals surface area contributed by atoms with E-state index in [0.717, 1.165) is 29.2 Å². The number of aromatic nitrogens is 2. The van der Waals surface area contributed by atoms with Crippen molar-refractivity contribution < 1.29 is 14.7 Å². The third-order valence-corrected chi connectivity index (χ3v) is 4.41. The van der Waals surface area contributed by atoms with Gasteiger partial charge in [-0.05, 0) is 26.8 Å². The number of hydrogen-bond acceptors (Lipinski definition) is 6. The van der Waals surface area contributed by atoms with Crippen molar-refractivity contribution in [2.45, 2.75) is 33.5 Å². The maximum Gasteiger partial charge on any atom is 0.317 e. The molecule has 9 heteroatoms. The number of rotatable bonds is 7. The molecule has 2 aromatic rings. The summed E-state index contributed by atoms with van der Waals surface area (Å²) in [6, 6.07) is 2.07. The Labute approximate surface area is 143 Å². The van der Waals surface area contributed by atoms with Crippen molar-refractivity contribution in [1.82, 2.24) is 14.9 Å². The lowest BCUT2D eigenvalue weighted by Gasteiger charge is -2.10. The topological polar surface area (TPSA) is 122 Å². The predicted molar refractivity (Wildman–Crippen MR) is 92.9 cm³/mol. The van der Waals surface area contributed by atoms with Crippen molar-refractivity contribution in [3.8, 4) is 11.3 Å². The number of carboxylic acids is 1. The normalized spacial score (nSPS) is 12.2. The van der Waals surface area contributed by atoms with Gasteiger partial charge in [-0.25, -0.2) is 4.98 Å². The SMILES string of the molecule is CCn1c(C)cc(-c2csc(NC(=O)[C@@H](N)NCC(=O)O)n2)c1C. The molecule has 0 unspecified atom stereocenters. The minimum atomic E-state index is -1.11. The van der Waals surface area contributed by atoms with Gasteiger partial charge in [-0.1, -0.05) is 0 Å². The quantitative estimate of drug-likeness (QED) is 0.555. The van der Waals surface area contributed by atoms with Crippen LogP contribution in [0.5, 0.6) is 0 Å². The van der Waals surface area contributed by atoms with Crippen molar-refractivity contribution in [3.63, 3.8) is 0 Å². The Bertz CT molecular complexity index is 752. The van der Waals surface area contributed by atoms with E-state index in [4.69, 9.17) is 10.8 Å². The summed E-state index contributed by atoms with van der Waals surface area (Å²) in [5.41, 5.74) is 9.68. The van der Waals surface area contributed by atoms with Crippen LogP contribution in [-0.4, -0.2) is 39.2 Å². The number of amides is 1. The molecule has 5 N–H and O–H groups in total. The first-order chi connectivity index (χ1) is 11.3. The van der Waals surface area contributed by atoms with E-state index >= 15 is 0 Å². The number of carbonyl (C=O) groups excluding carboxylic acids is 1. The van der Waals surface area contributed by atoms with Gasteiger partial charge in [0.2, 0.25) is 0 Å². The maximum atomic E-state index is 11.9. The zero-order chi connectivity index (χ0) is 17.9. The van der Waals surface area contributed by atoms with Crippen molar-refractivity contribution in [1.29, 1.82) is 0 Å². The standard InChI is InChI=1S/C15H21N5O3S/c1-4-20-8(2)5-10(9(20)3)11-7-24-15(18-11)19-14(23)13(16)17-6-12(21)22/h5,7,13,17H,4,6,16H2,1-3H3,(H,21,22)(H,18,19,23)/t13-/m0/s1. The van der Waals surface area contributed by atoms with E-state index in [-0.39, 0.29) is 6.54 Å². The van der Waals surface area contributed by atoms with Gasteiger partial charge >= 0.3 is 5.97 Å². The number of nitrogens with two attached hydrogens (primary N) is 1. The lowest BCUT2D eigenvalue weighted by molar-refractivity contribution is -0.136. The summed E-state index contributed by atoms with van der Waals surface area (Å²) < 4.78 is 2.19. The highest BCUT2D eigenvalue weighted by Gasteiger charge is 2.17. The number of carboxylic acid groups (broad SMARTS) is 1. The number of nitrogens with zero attached hydrogens (tertiary/aromatic N) is 2. The van der Waals surface area contributed by atoms with Gasteiger partial charge in [-0.3, -0.25) is 20.2 Å². The molecule has 0 aliphatic carbocycles. The minimum Gasteiger partial charge on any atom is -0.480 e. The smallest absolute Gasteiger partial charge is 0.317 e. The molecule has 0 saturated heterocycles. The molecular weight excluding hydrogens is 330 g/mol. The summed E-state index contributed by atoms with van der Waals surface area (Å²) in [5, 5.41) is 15.9. The van der Waals surface area contributed by atoms with E-state index in [1.807, 2.05) is 19.2 Å². The van der Waals surface area contributed by atoms with Crippen molar-refractivity contribution in [2.75, 3.05) is 11.9 Å². The van der Waals surface area contributed by atoms with Gasteiger partial charge in [0.15, 0.2) is 5.13 Å². The van der Waals surface area contributed by atoms with Crippen LogP contribution >= 0.6 is 11.3 Å². The second-order valence-electron chi connectivity index (χ2n) is 5.31. The third kappa shape index (κ3) is 3.99. The van der Waals surface area contributed by atoms with Gasteiger partial charge < -0.3 is 15.4 Å². The van der Waals surface area contributed by atoms with Gasteiger partial charge in [-0.15, -0.1) is 11.3 Å². The number of nitrogens with one attached hydrogen (secondary N) is 2. The fourth-order valence-electron chi connectivity index (χ4n) is 2.48. The van der Waals surface area contributed by atoms with E-state index in [2.05, 4.69) is 33.2 Å². The highest BCUT2D eigenvalue weighted by molar-refractivity contribution is 7.14. The molecule has 1 amide bonds. The lowest BCUT2D eigenvalue weighted by Crippen LogP contribution is -2.49. The number of thiazole rings is 1. The average molecular weight is 351 g/mol. The Balaban J connectivity index is 2.08. The third-order valence-electron chi connectivity index (χ3n) is 3.66. The molecule has 0 bridgehead atoms. The average Bonchev–Trinajstić information content (AvgIpc) is 3.09. The summed E-state index contributed by atoms with van der Waals surface area (Å²) in [4.78, 5) is 26.8. The van der Waals surface area contributed by atoms with E-state index in [0.29, 0.717) is 5.13 Å². The first-order valence-corrected chi connectivity index (χ1v) is 8.35. The van der Waals surface area contributed by atoms with E-state index in [1.54, 1.807) is 0 Å². The fourth-order valence-corrected chi connectivity index (χ4v) is 3.19. The Morgan fingerprint density at radius 3 is 2.75 bits per heavy atom.